The van der Waals surface area contributed by atoms with Gasteiger partial charge in [-0.3, -0.25) is 4.57 Å². The van der Waals surface area contributed by atoms with Gasteiger partial charge in [0, 0.05) is 10.4 Å². The van der Waals surface area contributed by atoms with E-state index in [4.69, 9.17) is 11.6 Å². The van der Waals surface area contributed by atoms with Crippen LogP contribution in [0, 0.1) is 6.92 Å². The fourth-order valence-corrected chi connectivity index (χ4v) is 2.57. The summed E-state index contributed by atoms with van der Waals surface area (Å²) in [6.45, 7) is 2.06. The Bertz CT molecular complexity index is 575. The summed E-state index contributed by atoms with van der Waals surface area (Å²) in [5.74, 6) is 1.49. The van der Waals surface area contributed by atoms with Crippen molar-refractivity contribution in [1.82, 2.24) is 14.8 Å². The van der Waals surface area contributed by atoms with Crippen LogP contribution in [0.3, 0.4) is 0 Å². The van der Waals surface area contributed by atoms with Gasteiger partial charge in [-0.15, -0.1) is 10.2 Å². The summed E-state index contributed by atoms with van der Waals surface area (Å²) in [5.41, 5.74) is 2.19. The molecule has 1 aromatic carbocycles. The van der Waals surface area contributed by atoms with E-state index in [1.165, 1.54) is 18.4 Å². The van der Waals surface area contributed by atoms with Gasteiger partial charge in [-0.05, 0) is 58.9 Å². The van der Waals surface area contributed by atoms with Crippen molar-refractivity contribution in [2.45, 2.75) is 25.7 Å². The van der Waals surface area contributed by atoms with Crippen LogP contribution in [0.1, 0.15) is 30.1 Å². The molecule has 1 aliphatic rings. The first-order valence-corrected chi connectivity index (χ1v) is 6.72. The maximum atomic E-state index is 6.14. The molecular formula is C12H11BrClN3. The Balaban J connectivity index is 2.20. The Hall–Kier alpha value is -0.870. The summed E-state index contributed by atoms with van der Waals surface area (Å²) in [5, 5.41) is 8.60. The highest BCUT2D eigenvalue weighted by atomic mass is 79.9. The molecule has 0 spiro atoms. The topological polar surface area (TPSA) is 30.7 Å². The van der Waals surface area contributed by atoms with E-state index in [1.807, 2.05) is 16.7 Å². The minimum absolute atomic E-state index is 0.429. The standard InChI is InChI=1S/C12H11BrClN3/c1-7-3-2-4-9(10(7)13)17-11(8-5-6-8)15-16-12(17)14/h2-4,8H,5-6H2,1H3. The molecule has 0 saturated heterocycles. The van der Waals surface area contributed by atoms with Crippen LogP contribution >= 0.6 is 27.5 Å². The quantitative estimate of drug-likeness (QED) is 0.843. The molecule has 0 radical (unpaired) electrons. The molecule has 3 rings (SSSR count). The number of nitrogens with zero attached hydrogens (tertiary/aromatic N) is 3. The molecule has 1 saturated carbocycles. The zero-order valence-electron chi connectivity index (χ0n) is 9.32. The predicted molar refractivity (Wildman–Crippen MR) is 70.8 cm³/mol. The molecule has 17 heavy (non-hydrogen) atoms. The summed E-state index contributed by atoms with van der Waals surface area (Å²) in [6, 6.07) is 6.10. The molecule has 3 nitrogen and oxygen atoms in total. The molecule has 1 heterocycles. The van der Waals surface area contributed by atoms with Gasteiger partial charge < -0.3 is 0 Å². The van der Waals surface area contributed by atoms with E-state index in [2.05, 4.69) is 39.1 Å². The average Bonchev–Trinajstić information content (AvgIpc) is 3.08. The summed E-state index contributed by atoms with van der Waals surface area (Å²) in [4.78, 5) is 0. The largest absolute Gasteiger partial charge is 0.268 e. The van der Waals surface area contributed by atoms with Crippen LogP contribution in [-0.2, 0) is 0 Å². The lowest BCUT2D eigenvalue weighted by Gasteiger charge is -2.10. The van der Waals surface area contributed by atoms with Crippen molar-refractivity contribution >= 4 is 27.5 Å². The molecule has 0 aliphatic heterocycles. The van der Waals surface area contributed by atoms with Crippen LogP contribution in [-0.4, -0.2) is 14.8 Å². The number of halogens is 2. The Labute approximate surface area is 113 Å². The zero-order valence-corrected chi connectivity index (χ0v) is 11.7. The molecule has 0 unspecified atom stereocenters. The van der Waals surface area contributed by atoms with E-state index >= 15 is 0 Å². The Morgan fingerprint density at radius 1 is 1.35 bits per heavy atom. The monoisotopic (exact) mass is 311 g/mol. The second kappa shape index (κ2) is 4.10. The molecule has 5 heteroatoms. The lowest BCUT2D eigenvalue weighted by molar-refractivity contribution is 0.868. The highest BCUT2D eigenvalue weighted by Gasteiger charge is 2.31. The summed E-state index contributed by atoms with van der Waals surface area (Å²) in [6.07, 6.45) is 2.36. The molecule has 0 atom stereocenters. The second-order valence-electron chi connectivity index (χ2n) is 4.34. The van der Waals surface area contributed by atoms with Gasteiger partial charge in [-0.2, -0.15) is 0 Å². The van der Waals surface area contributed by atoms with Gasteiger partial charge in [0.05, 0.1) is 5.69 Å². The number of aromatic nitrogens is 3. The molecule has 1 aliphatic carbocycles. The number of rotatable bonds is 2. The Kier molecular flexibility index (Phi) is 2.71. The maximum Gasteiger partial charge on any atom is 0.229 e. The van der Waals surface area contributed by atoms with Crippen molar-refractivity contribution in [3.8, 4) is 5.69 Å². The van der Waals surface area contributed by atoms with Gasteiger partial charge >= 0.3 is 0 Å². The van der Waals surface area contributed by atoms with Crippen LogP contribution in [0.5, 0.6) is 0 Å². The van der Waals surface area contributed by atoms with Gasteiger partial charge in [-0.1, -0.05) is 12.1 Å². The van der Waals surface area contributed by atoms with E-state index in [0.717, 1.165) is 16.0 Å². The van der Waals surface area contributed by atoms with E-state index in [9.17, 15) is 0 Å². The molecule has 88 valence electrons. The number of hydrogen-bond acceptors (Lipinski definition) is 2. The first-order valence-electron chi connectivity index (χ1n) is 5.55. The van der Waals surface area contributed by atoms with Crippen LogP contribution in [0.15, 0.2) is 22.7 Å². The Morgan fingerprint density at radius 3 is 2.82 bits per heavy atom. The van der Waals surface area contributed by atoms with Crippen LogP contribution < -0.4 is 0 Å². The van der Waals surface area contributed by atoms with Crippen molar-refractivity contribution in [2.75, 3.05) is 0 Å². The summed E-state index contributed by atoms with van der Waals surface area (Å²) in [7, 11) is 0. The second-order valence-corrected chi connectivity index (χ2v) is 5.48. The van der Waals surface area contributed by atoms with Crippen molar-refractivity contribution in [3.05, 3.63) is 39.3 Å². The normalized spacial score (nSPS) is 15.2. The van der Waals surface area contributed by atoms with Crippen LogP contribution in [0.4, 0.5) is 0 Å². The summed E-state index contributed by atoms with van der Waals surface area (Å²) < 4.78 is 2.99. The van der Waals surface area contributed by atoms with Gasteiger partial charge in [0.1, 0.15) is 5.82 Å². The van der Waals surface area contributed by atoms with Gasteiger partial charge in [0.2, 0.25) is 5.28 Å². The molecular weight excluding hydrogens is 302 g/mol. The van der Waals surface area contributed by atoms with Gasteiger partial charge in [-0.25, -0.2) is 0 Å². The minimum Gasteiger partial charge on any atom is -0.268 e. The third-order valence-corrected chi connectivity index (χ3v) is 4.28. The van der Waals surface area contributed by atoms with Crippen molar-refractivity contribution in [1.29, 1.82) is 0 Å². The van der Waals surface area contributed by atoms with Crippen molar-refractivity contribution in [3.63, 3.8) is 0 Å². The SMILES string of the molecule is Cc1cccc(-n2c(Cl)nnc2C2CC2)c1Br. The number of hydrogen-bond donors (Lipinski definition) is 0. The maximum absolute atomic E-state index is 6.14. The lowest BCUT2D eigenvalue weighted by atomic mass is 10.2. The predicted octanol–water partition coefficient (Wildman–Crippen LogP) is 3.87. The van der Waals surface area contributed by atoms with Crippen LogP contribution in [0.25, 0.3) is 5.69 Å². The van der Waals surface area contributed by atoms with Gasteiger partial charge in [0.15, 0.2) is 0 Å². The molecule has 2 aromatic rings. The molecule has 0 N–H and O–H groups in total. The zero-order chi connectivity index (χ0) is 12.0. The lowest BCUT2D eigenvalue weighted by Crippen LogP contribution is -2.01. The first-order chi connectivity index (χ1) is 8.18. The Morgan fingerprint density at radius 2 is 2.12 bits per heavy atom. The smallest absolute Gasteiger partial charge is 0.229 e. The first kappa shape index (κ1) is 11.2. The third-order valence-electron chi connectivity index (χ3n) is 3.00. The molecule has 1 aromatic heterocycles. The van der Waals surface area contributed by atoms with E-state index in [-0.39, 0.29) is 0 Å². The van der Waals surface area contributed by atoms with Crippen molar-refractivity contribution < 1.29 is 0 Å². The number of aryl methyl sites for hydroxylation is 1. The van der Waals surface area contributed by atoms with Gasteiger partial charge in [0.25, 0.3) is 0 Å². The number of benzene rings is 1. The van der Waals surface area contributed by atoms with E-state index < -0.39 is 0 Å². The average molecular weight is 313 g/mol. The van der Waals surface area contributed by atoms with Crippen molar-refractivity contribution in [2.24, 2.45) is 0 Å². The highest BCUT2D eigenvalue weighted by Crippen LogP contribution is 2.41. The molecule has 0 bridgehead atoms. The van der Waals surface area contributed by atoms with E-state index in [1.54, 1.807) is 0 Å². The fraction of sp³-hybridized carbons (Fsp3) is 0.333. The molecule has 0 amide bonds. The highest BCUT2D eigenvalue weighted by molar-refractivity contribution is 9.10. The fourth-order valence-electron chi connectivity index (χ4n) is 1.91. The molecule has 1 fully saturated rings. The minimum atomic E-state index is 0.429. The summed E-state index contributed by atoms with van der Waals surface area (Å²) >= 11 is 9.75. The third kappa shape index (κ3) is 1.89. The van der Waals surface area contributed by atoms with Crippen LogP contribution in [0.2, 0.25) is 5.28 Å². The van der Waals surface area contributed by atoms with E-state index in [0.29, 0.717) is 11.2 Å².